The molecule has 8 heteroatoms. The van der Waals surface area contributed by atoms with E-state index >= 15 is 0 Å². The predicted molar refractivity (Wildman–Crippen MR) is 84.1 cm³/mol. The van der Waals surface area contributed by atoms with E-state index in [-0.39, 0.29) is 22.5 Å². The third-order valence-corrected chi connectivity index (χ3v) is 3.31. The second-order valence-electron chi connectivity index (χ2n) is 4.66. The van der Waals surface area contributed by atoms with E-state index in [1.54, 1.807) is 31.4 Å². The Morgan fingerprint density at radius 3 is 2.57 bits per heavy atom. The molecule has 0 unspecified atom stereocenters. The SMILES string of the molecule is COc1ccc(Nc2ccc([N+](=O)[O-])c3ncnc(O)c23)cc1. The topological polar surface area (TPSA) is 110 Å². The van der Waals surface area contributed by atoms with Gasteiger partial charge in [-0.1, -0.05) is 0 Å². The van der Waals surface area contributed by atoms with Crippen LogP contribution in [0.2, 0.25) is 0 Å². The van der Waals surface area contributed by atoms with Gasteiger partial charge in [-0.15, -0.1) is 0 Å². The standard InChI is InChI=1S/C15H12N4O4/c1-23-10-4-2-9(3-5-10)18-11-6-7-12(19(21)22)14-13(11)15(20)17-8-16-14/h2-8,18H,1H3,(H,16,17,20). The van der Waals surface area contributed by atoms with Gasteiger partial charge in [-0.3, -0.25) is 10.1 Å². The number of hydrogen-bond donors (Lipinski definition) is 2. The number of anilines is 2. The van der Waals surface area contributed by atoms with E-state index in [1.807, 2.05) is 0 Å². The summed E-state index contributed by atoms with van der Waals surface area (Å²) in [4.78, 5) is 18.2. The molecule has 0 aliphatic carbocycles. The van der Waals surface area contributed by atoms with Crippen LogP contribution in [0.15, 0.2) is 42.7 Å². The molecular weight excluding hydrogens is 300 g/mol. The fourth-order valence-corrected chi connectivity index (χ4v) is 2.22. The molecule has 3 aromatic rings. The Morgan fingerprint density at radius 2 is 1.91 bits per heavy atom. The highest BCUT2D eigenvalue weighted by Crippen LogP contribution is 2.35. The maximum Gasteiger partial charge on any atom is 0.295 e. The van der Waals surface area contributed by atoms with Crippen molar-refractivity contribution in [1.29, 1.82) is 0 Å². The Kier molecular flexibility index (Phi) is 3.63. The highest BCUT2D eigenvalue weighted by molar-refractivity contribution is 6.01. The number of ether oxygens (including phenoxy) is 1. The van der Waals surface area contributed by atoms with E-state index in [9.17, 15) is 15.2 Å². The van der Waals surface area contributed by atoms with Gasteiger partial charge >= 0.3 is 0 Å². The highest BCUT2D eigenvalue weighted by atomic mass is 16.6. The fraction of sp³-hybridized carbons (Fsp3) is 0.0667. The van der Waals surface area contributed by atoms with Crippen molar-refractivity contribution in [3.63, 3.8) is 0 Å². The number of benzene rings is 2. The van der Waals surface area contributed by atoms with Gasteiger partial charge in [0.25, 0.3) is 5.69 Å². The molecule has 0 fully saturated rings. The van der Waals surface area contributed by atoms with E-state index in [0.29, 0.717) is 11.4 Å². The minimum absolute atomic E-state index is 0.0704. The number of nitro benzene ring substituents is 1. The Balaban J connectivity index is 2.10. The molecule has 0 bridgehead atoms. The highest BCUT2D eigenvalue weighted by Gasteiger charge is 2.19. The first-order chi connectivity index (χ1) is 11.1. The largest absolute Gasteiger partial charge is 0.497 e. The van der Waals surface area contributed by atoms with Crippen molar-refractivity contribution in [3.05, 3.63) is 52.8 Å². The van der Waals surface area contributed by atoms with Crippen LogP contribution in [0.5, 0.6) is 11.6 Å². The first kappa shape index (κ1) is 14.5. The van der Waals surface area contributed by atoms with Gasteiger partial charge in [-0.05, 0) is 30.3 Å². The number of non-ortho nitro benzene ring substituents is 1. The zero-order valence-corrected chi connectivity index (χ0v) is 12.1. The molecule has 0 amide bonds. The zero-order valence-electron chi connectivity index (χ0n) is 12.1. The molecule has 0 aliphatic heterocycles. The third-order valence-electron chi connectivity index (χ3n) is 3.31. The lowest BCUT2D eigenvalue weighted by Gasteiger charge is -2.10. The molecule has 2 N–H and O–H groups in total. The van der Waals surface area contributed by atoms with Crippen LogP contribution in [0, 0.1) is 10.1 Å². The van der Waals surface area contributed by atoms with Gasteiger partial charge in [0, 0.05) is 11.8 Å². The Bertz CT molecular complexity index is 881. The molecule has 0 saturated carbocycles. The quantitative estimate of drug-likeness (QED) is 0.562. The van der Waals surface area contributed by atoms with Crippen molar-refractivity contribution in [3.8, 4) is 11.6 Å². The van der Waals surface area contributed by atoms with Crippen LogP contribution < -0.4 is 10.1 Å². The van der Waals surface area contributed by atoms with Crippen LogP contribution in [-0.4, -0.2) is 27.1 Å². The van der Waals surface area contributed by atoms with Crippen molar-refractivity contribution in [2.24, 2.45) is 0 Å². The van der Waals surface area contributed by atoms with E-state index < -0.39 is 4.92 Å². The number of nitro groups is 1. The van der Waals surface area contributed by atoms with E-state index in [2.05, 4.69) is 15.3 Å². The summed E-state index contributed by atoms with van der Waals surface area (Å²) < 4.78 is 5.09. The average Bonchev–Trinajstić information content (AvgIpc) is 2.55. The number of nitrogens with zero attached hydrogens (tertiary/aromatic N) is 3. The van der Waals surface area contributed by atoms with Gasteiger partial charge < -0.3 is 15.2 Å². The number of methoxy groups -OCH3 is 1. The third kappa shape index (κ3) is 2.69. The van der Waals surface area contributed by atoms with Crippen LogP contribution in [0.4, 0.5) is 17.1 Å². The average molecular weight is 312 g/mol. The maximum atomic E-state index is 11.1. The Labute approximate surface area is 130 Å². The number of hydrogen-bond acceptors (Lipinski definition) is 7. The molecule has 116 valence electrons. The zero-order chi connectivity index (χ0) is 16.4. The summed E-state index contributed by atoms with van der Waals surface area (Å²) >= 11 is 0. The molecule has 0 radical (unpaired) electrons. The second kappa shape index (κ2) is 5.76. The number of aromatic hydroxyl groups is 1. The maximum absolute atomic E-state index is 11.1. The molecule has 1 aromatic heterocycles. The first-order valence-electron chi connectivity index (χ1n) is 6.62. The lowest BCUT2D eigenvalue weighted by atomic mass is 10.1. The van der Waals surface area contributed by atoms with Gasteiger partial charge in [0.05, 0.1) is 23.1 Å². The summed E-state index contributed by atoms with van der Waals surface area (Å²) in [6.07, 6.45) is 1.09. The minimum Gasteiger partial charge on any atom is -0.497 e. The normalized spacial score (nSPS) is 10.5. The van der Waals surface area contributed by atoms with Gasteiger partial charge in [0.15, 0.2) is 5.52 Å². The van der Waals surface area contributed by atoms with Crippen LogP contribution in [-0.2, 0) is 0 Å². The summed E-state index contributed by atoms with van der Waals surface area (Å²) in [6.45, 7) is 0. The van der Waals surface area contributed by atoms with Crippen molar-refractivity contribution < 1.29 is 14.8 Å². The molecule has 0 atom stereocenters. The van der Waals surface area contributed by atoms with Gasteiger partial charge in [0.2, 0.25) is 5.88 Å². The second-order valence-corrected chi connectivity index (χ2v) is 4.66. The van der Waals surface area contributed by atoms with Crippen LogP contribution in [0.3, 0.4) is 0 Å². The molecule has 0 aliphatic rings. The van der Waals surface area contributed by atoms with Gasteiger partial charge in [0.1, 0.15) is 12.1 Å². The molecule has 23 heavy (non-hydrogen) atoms. The summed E-state index contributed by atoms with van der Waals surface area (Å²) in [5.74, 6) is 0.380. The van der Waals surface area contributed by atoms with Crippen molar-refractivity contribution in [2.75, 3.05) is 12.4 Å². The van der Waals surface area contributed by atoms with E-state index in [4.69, 9.17) is 4.74 Å². The number of nitrogens with one attached hydrogen (secondary N) is 1. The van der Waals surface area contributed by atoms with Crippen LogP contribution in [0.25, 0.3) is 10.9 Å². The predicted octanol–water partition coefficient (Wildman–Crippen LogP) is 3.00. The number of aromatic nitrogens is 2. The summed E-state index contributed by atoms with van der Waals surface area (Å²) in [7, 11) is 1.57. The Hall–Kier alpha value is -3.42. The lowest BCUT2D eigenvalue weighted by molar-refractivity contribution is -0.383. The molecule has 1 heterocycles. The summed E-state index contributed by atoms with van der Waals surface area (Å²) in [5, 5.41) is 24.4. The van der Waals surface area contributed by atoms with Crippen molar-refractivity contribution >= 4 is 28.0 Å². The molecular formula is C15H12N4O4. The van der Waals surface area contributed by atoms with Crippen molar-refractivity contribution in [1.82, 2.24) is 9.97 Å². The monoisotopic (exact) mass is 312 g/mol. The van der Waals surface area contributed by atoms with E-state index in [1.165, 1.54) is 12.1 Å². The van der Waals surface area contributed by atoms with Gasteiger partial charge in [-0.25, -0.2) is 9.97 Å². The summed E-state index contributed by atoms with van der Waals surface area (Å²) in [6, 6.07) is 9.95. The lowest BCUT2D eigenvalue weighted by Crippen LogP contribution is -1.97. The molecule has 2 aromatic carbocycles. The van der Waals surface area contributed by atoms with Gasteiger partial charge in [-0.2, -0.15) is 0 Å². The molecule has 0 saturated heterocycles. The van der Waals surface area contributed by atoms with Crippen molar-refractivity contribution in [2.45, 2.75) is 0 Å². The molecule has 8 nitrogen and oxygen atoms in total. The fourth-order valence-electron chi connectivity index (χ4n) is 2.22. The smallest absolute Gasteiger partial charge is 0.295 e. The first-order valence-corrected chi connectivity index (χ1v) is 6.62. The molecule has 0 spiro atoms. The Morgan fingerprint density at radius 1 is 1.17 bits per heavy atom. The van der Waals surface area contributed by atoms with Crippen LogP contribution >= 0.6 is 0 Å². The minimum atomic E-state index is -0.550. The summed E-state index contributed by atoms with van der Waals surface area (Å²) in [5.41, 5.74) is 1.07. The number of rotatable bonds is 4. The number of fused-ring (bicyclic) bond motifs is 1. The molecule has 3 rings (SSSR count). The van der Waals surface area contributed by atoms with E-state index in [0.717, 1.165) is 12.0 Å². The van der Waals surface area contributed by atoms with Crippen LogP contribution in [0.1, 0.15) is 0 Å².